The van der Waals surface area contributed by atoms with E-state index in [4.69, 9.17) is 4.98 Å². The lowest BCUT2D eigenvalue weighted by Crippen LogP contribution is -2.19. The largest absolute Gasteiger partial charge is 0.363 e. The Bertz CT molecular complexity index is 923. The molecule has 0 saturated heterocycles. The van der Waals surface area contributed by atoms with Crippen LogP contribution in [0.1, 0.15) is 47.0 Å². The molecule has 1 aromatic carbocycles. The maximum absolute atomic E-state index is 4.75. The van der Waals surface area contributed by atoms with Gasteiger partial charge in [0.1, 0.15) is 5.82 Å². The van der Waals surface area contributed by atoms with Crippen LogP contribution in [-0.4, -0.2) is 15.0 Å². The number of aryl methyl sites for hydroxylation is 2. The van der Waals surface area contributed by atoms with Crippen LogP contribution in [0, 0.1) is 13.8 Å². The first-order chi connectivity index (χ1) is 13.2. The van der Waals surface area contributed by atoms with E-state index in [2.05, 4.69) is 51.8 Å². The first-order valence-electron chi connectivity index (χ1n) is 9.54. The number of fused-ring (bicyclic) bond motifs is 1. The normalized spacial score (nSPS) is 15.9. The number of nitrogens with one attached hydrogen (secondary N) is 2. The predicted octanol–water partition coefficient (Wildman–Crippen LogP) is 4.59. The maximum atomic E-state index is 4.75. The zero-order valence-corrected chi connectivity index (χ0v) is 15.9. The van der Waals surface area contributed by atoms with Crippen LogP contribution in [-0.2, 0) is 13.0 Å². The van der Waals surface area contributed by atoms with Crippen LogP contribution in [0.2, 0.25) is 0 Å². The Kier molecular flexibility index (Phi) is 5.01. The summed E-state index contributed by atoms with van der Waals surface area (Å²) >= 11 is 0. The summed E-state index contributed by atoms with van der Waals surface area (Å²) in [6.07, 6.45) is 5.28. The Morgan fingerprint density at radius 1 is 1.04 bits per heavy atom. The Labute approximate surface area is 160 Å². The predicted molar refractivity (Wildman–Crippen MR) is 109 cm³/mol. The molecule has 2 aromatic heterocycles. The molecule has 1 aliphatic carbocycles. The van der Waals surface area contributed by atoms with Gasteiger partial charge >= 0.3 is 0 Å². The summed E-state index contributed by atoms with van der Waals surface area (Å²) in [7, 11) is 0. The average Bonchev–Trinajstić information content (AvgIpc) is 2.71. The quantitative estimate of drug-likeness (QED) is 0.698. The Morgan fingerprint density at radius 2 is 1.89 bits per heavy atom. The number of hydrogen-bond donors (Lipinski definition) is 2. The van der Waals surface area contributed by atoms with E-state index >= 15 is 0 Å². The number of nitrogens with zero attached hydrogens (tertiary/aromatic N) is 3. The van der Waals surface area contributed by atoms with Crippen molar-refractivity contribution in [2.75, 3.05) is 10.6 Å². The van der Waals surface area contributed by atoms with Gasteiger partial charge < -0.3 is 10.6 Å². The van der Waals surface area contributed by atoms with Gasteiger partial charge in [-0.05, 0) is 56.4 Å². The fraction of sp³-hybridized carbons (Fsp3) is 0.318. The molecule has 5 nitrogen and oxygen atoms in total. The summed E-state index contributed by atoms with van der Waals surface area (Å²) in [5.74, 6) is 1.54. The first kappa shape index (κ1) is 17.5. The zero-order valence-electron chi connectivity index (χ0n) is 15.9. The summed E-state index contributed by atoms with van der Waals surface area (Å²) in [6.45, 7) is 4.72. The molecule has 0 saturated carbocycles. The molecule has 4 rings (SSSR count). The van der Waals surface area contributed by atoms with Crippen LogP contribution in [0.4, 0.5) is 11.8 Å². The van der Waals surface area contributed by atoms with E-state index in [0.29, 0.717) is 18.5 Å². The third-order valence-corrected chi connectivity index (χ3v) is 5.22. The number of aromatic nitrogens is 3. The maximum Gasteiger partial charge on any atom is 0.225 e. The summed E-state index contributed by atoms with van der Waals surface area (Å²) < 4.78 is 0. The topological polar surface area (TPSA) is 62.7 Å². The van der Waals surface area contributed by atoms with Crippen molar-refractivity contribution < 1.29 is 0 Å². The molecule has 0 spiro atoms. The molecule has 0 fully saturated rings. The standard InChI is InChI=1S/C22H25N5/c1-15-16(2)25-22(24-14-18-10-5-6-13-23-18)27-21(15)26-20-12-7-9-17-8-3-4-11-19(17)20/h3-6,8,10-11,13,20H,7,9,12,14H2,1-2H3,(H2,24,25,26,27). The van der Waals surface area contributed by atoms with Crippen LogP contribution < -0.4 is 10.6 Å². The molecule has 27 heavy (non-hydrogen) atoms. The second kappa shape index (κ2) is 7.74. The molecule has 2 N–H and O–H groups in total. The van der Waals surface area contributed by atoms with Gasteiger partial charge in [-0.2, -0.15) is 4.98 Å². The van der Waals surface area contributed by atoms with Crippen molar-refractivity contribution >= 4 is 11.8 Å². The lowest BCUT2D eigenvalue weighted by molar-refractivity contribution is 0.598. The van der Waals surface area contributed by atoms with E-state index in [0.717, 1.165) is 35.6 Å². The van der Waals surface area contributed by atoms with Crippen molar-refractivity contribution in [3.63, 3.8) is 0 Å². The molecule has 1 atom stereocenters. The monoisotopic (exact) mass is 359 g/mol. The minimum absolute atomic E-state index is 0.298. The molecule has 2 heterocycles. The third kappa shape index (κ3) is 3.92. The van der Waals surface area contributed by atoms with Gasteiger partial charge in [-0.3, -0.25) is 4.98 Å². The SMILES string of the molecule is Cc1nc(NCc2ccccn2)nc(NC2CCCc3ccccc32)c1C. The van der Waals surface area contributed by atoms with Crippen LogP contribution >= 0.6 is 0 Å². The molecule has 0 amide bonds. The Morgan fingerprint density at radius 3 is 2.74 bits per heavy atom. The van der Waals surface area contributed by atoms with Crippen LogP contribution in [0.3, 0.4) is 0 Å². The molecule has 3 aromatic rings. The highest BCUT2D eigenvalue weighted by atomic mass is 15.2. The average molecular weight is 359 g/mol. The van der Waals surface area contributed by atoms with Crippen molar-refractivity contribution in [3.05, 3.63) is 76.7 Å². The minimum atomic E-state index is 0.298. The van der Waals surface area contributed by atoms with E-state index in [9.17, 15) is 0 Å². The number of anilines is 2. The van der Waals surface area contributed by atoms with Crippen LogP contribution in [0.5, 0.6) is 0 Å². The van der Waals surface area contributed by atoms with E-state index in [1.807, 2.05) is 25.1 Å². The van der Waals surface area contributed by atoms with Gasteiger partial charge in [-0.1, -0.05) is 30.3 Å². The van der Waals surface area contributed by atoms with Crippen molar-refractivity contribution in [3.8, 4) is 0 Å². The van der Waals surface area contributed by atoms with Crippen molar-refractivity contribution in [1.82, 2.24) is 15.0 Å². The molecule has 0 bridgehead atoms. The number of rotatable bonds is 5. The highest BCUT2D eigenvalue weighted by molar-refractivity contribution is 5.52. The number of benzene rings is 1. The van der Waals surface area contributed by atoms with Gasteiger partial charge in [0.25, 0.3) is 0 Å². The van der Waals surface area contributed by atoms with Gasteiger partial charge in [0, 0.05) is 17.5 Å². The van der Waals surface area contributed by atoms with Gasteiger partial charge in [-0.25, -0.2) is 4.98 Å². The molecule has 1 unspecified atom stereocenters. The summed E-state index contributed by atoms with van der Waals surface area (Å²) in [4.78, 5) is 13.7. The lowest BCUT2D eigenvalue weighted by atomic mass is 9.87. The van der Waals surface area contributed by atoms with Gasteiger partial charge in [0.15, 0.2) is 0 Å². The minimum Gasteiger partial charge on any atom is -0.363 e. The summed E-state index contributed by atoms with van der Waals surface area (Å²) in [5, 5.41) is 6.98. The first-order valence-corrected chi connectivity index (χ1v) is 9.54. The van der Waals surface area contributed by atoms with Gasteiger partial charge in [0.2, 0.25) is 5.95 Å². The summed E-state index contributed by atoms with van der Waals surface area (Å²) in [5.41, 5.74) is 5.89. The molecular formula is C22H25N5. The van der Waals surface area contributed by atoms with E-state index in [1.54, 1.807) is 6.20 Å². The van der Waals surface area contributed by atoms with E-state index in [-0.39, 0.29) is 0 Å². The fourth-order valence-electron chi connectivity index (χ4n) is 3.59. The van der Waals surface area contributed by atoms with Crippen molar-refractivity contribution in [2.24, 2.45) is 0 Å². The second-order valence-corrected chi connectivity index (χ2v) is 7.07. The Hall–Kier alpha value is -2.95. The van der Waals surface area contributed by atoms with Gasteiger partial charge in [0.05, 0.1) is 18.3 Å². The molecule has 0 aliphatic heterocycles. The number of hydrogen-bond acceptors (Lipinski definition) is 5. The smallest absolute Gasteiger partial charge is 0.225 e. The molecular weight excluding hydrogens is 334 g/mol. The highest BCUT2D eigenvalue weighted by Crippen LogP contribution is 2.33. The lowest BCUT2D eigenvalue weighted by Gasteiger charge is -2.27. The van der Waals surface area contributed by atoms with Crippen LogP contribution in [0.25, 0.3) is 0 Å². The van der Waals surface area contributed by atoms with Crippen LogP contribution in [0.15, 0.2) is 48.7 Å². The fourth-order valence-corrected chi connectivity index (χ4v) is 3.59. The molecule has 1 aliphatic rings. The second-order valence-electron chi connectivity index (χ2n) is 7.07. The third-order valence-electron chi connectivity index (χ3n) is 5.22. The molecule has 0 radical (unpaired) electrons. The molecule has 5 heteroatoms. The summed E-state index contributed by atoms with van der Waals surface area (Å²) in [6, 6.07) is 14.9. The van der Waals surface area contributed by atoms with Crippen molar-refractivity contribution in [2.45, 2.75) is 45.7 Å². The highest BCUT2D eigenvalue weighted by Gasteiger charge is 2.21. The Balaban J connectivity index is 1.55. The van der Waals surface area contributed by atoms with E-state index in [1.165, 1.54) is 17.5 Å². The molecule has 138 valence electrons. The van der Waals surface area contributed by atoms with Gasteiger partial charge in [-0.15, -0.1) is 0 Å². The zero-order chi connectivity index (χ0) is 18.6. The number of pyridine rings is 1. The van der Waals surface area contributed by atoms with E-state index < -0.39 is 0 Å². The van der Waals surface area contributed by atoms with Crippen molar-refractivity contribution in [1.29, 1.82) is 0 Å².